The Morgan fingerprint density at radius 3 is 2.71 bits per heavy atom. The van der Waals surface area contributed by atoms with Gasteiger partial charge in [0.05, 0.1) is 6.04 Å². The fourth-order valence-corrected chi connectivity index (χ4v) is 5.77. The van der Waals surface area contributed by atoms with E-state index < -0.39 is 16.1 Å². The number of nitrogens with zero attached hydrogens (tertiary/aromatic N) is 1. The van der Waals surface area contributed by atoms with E-state index in [0.29, 0.717) is 36.7 Å². The fraction of sp³-hybridized carbons (Fsp3) is 0.688. The molecule has 2 rings (SSSR count). The zero-order valence-corrected chi connectivity index (χ0v) is 15.8. The van der Waals surface area contributed by atoms with Crippen molar-refractivity contribution in [2.75, 3.05) is 19.6 Å². The lowest BCUT2D eigenvalue weighted by Gasteiger charge is -2.25. The van der Waals surface area contributed by atoms with Crippen LogP contribution in [0, 0.1) is 0 Å². The first kappa shape index (κ1) is 19.4. The summed E-state index contributed by atoms with van der Waals surface area (Å²) in [6.45, 7) is 3.69. The van der Waals surface area contributed by atoms with Crippen LogP contribution in [0.5, 0.6) is 0 Å². The molecule has 24 heavy (non-hydrogen) atoms. The smallest absolute Gasteiger partial charge is 0.252 e. The van der Waals surface area contributed by atoms with Crippen LogP contribution in [0.1, 0.15) is 43.9 Å². The zero-order valence-electron chi connectivity index (χ0n) is 14.2. The highest BCUT2D eigenvalue weighted by Crippen LogP contribution is 2.27. The Bertz CT molecular complexity index is 637. The Labute approximate surface area is 148 Å². The number of hydrogen-bond acceptors (Lipinski definition) is 5. The molecule has 136 valence electrons. The second-order valence-electron chi connectivity index (χ2n) is 6.12. The maximum absolute atomic E-state index is 12.6. The van der Waals surface area contributed by atoms with Gasteiger partial charge < -0.3 is 11.1 Å². The molecule has 1 fully saturated rings. The van der Waals surface area contributed by atoms with E-state index in [1.54, 1.807) is 10.4 Å². The first-order chi connectivity index (χ1) is 11.4. The third-order valence-corrected chi connectivity index (χ3v) is 7.66. The minimum absolute atomic E-state index is 0.144. The Morgan fingerprint density at radius 2 is 2.04 bits per heavy atom. The van der Waals surface area contributed by atoms with Crippen LogP contribution in [0.15, 0.2) is 16.3 Å². The molecule has 1 saturated heterocycles. The van der Waals surface area contributed by atoms with E-state index in [9.17, 15) is 13.2 Å². The maximum atomic E-state index is 12.6. The first-order valence-corrected chi connectivity index (χ1v) is 10.8. The first-order valence-electron chi connectivity index (χ1n) is 8.57. The van der Waals surface area contributed by atoms with Gasteiger partial charge in [0.15, 0.2) is 0 Å². The van der Waals surface area contributed by atoms with E-state index in [0.717, 1.165) is 30.6 Å². The molecule has 3 N–H and O–H groups in total. The van der Waals surface area contributed by atoms with Gasteiger partial charge >= 0.3 is 0 Å². The molecule has 1 unspecified atom stereocenters. The van der Waals surface area contributed by atoms with Crippen molar-refractivity contribution in [3.05, 3.63) is 17.0 Å². The number of amides is 1. The van der Waals surface area contributed by atoms with Crippen molar-refractivity contribution in [3.8, 4) is 0 Å². The quantitative estimate of drug-likeness (QED) is 0.725. The van der Waals surface area contributed by atoms with Crippen LogP contribution < -0.4 is 11.1 Å². The van der Waals surface area contributed by atoms with Crippen molar-refractivity contribution in [2.45, 2.75) is 55.7 Å². The Balaban J connectivity index is 1.87. The van der Waals surface area contributed by atoms with Crippen LogP contribution in [0.25, 0.3) is 0 Å². The predicted molar refractivity (Wildman–Crippen MR) is 96.5 cm³/mol. The number of rotatable bonds is 8. The average Bonchev–Trinajstić information content (AvgIpc) is 3.05. The third-order valence-electron chi connectivity index (χ3n) is 4.15. The highest BCUT2D eigenvalue weighted by Gasteiger charge is 2.27. The summed E-state index contributed by atoms with van der Waals surface area (Å²) in [4.78, 5) is 12.7. The Kier molecular flexibility index (Phi) is 7.21. The van der Waals surface area contributed by atoms with Crippen molar-refractivity contribution < 1.29 is 13.2 Å². The molecule has 1 aliphatic rings. The second-order valence-corrected chi connectivity index (χ2v) is 9.45. The largest absolute Gasteiger partial charge is 0.354 e. The molecule has 0 bridgehead atoms. The highest BCUT2D eigenvalue weighted by atomic mass is 32.2. The molecule has 0 spiro atoms. The summed E-state index contributed by atoms with van der Waals surface area (Å²) >= 11 is 1.29. The molecule has 0 aromatic carbocycles. The van der Waals surface area contributed by atoms with Crippen molar-refractivity contribution in [1.29, 1.82) is 0 Å². The lowest BCUT2D eigenvalue weighted by molar-refractivity contribution is -0.122. The van der Waals surface area contributed by atoms with Gasteiger partial charge in [0.2, 0.25) is 5.91 Å². The molecule has 1 aliphatic heterocycles. The minimum atomic E-state index is -3.36. The van der Waals surface area contributed by atoms with Gasteiger partial charge in [0.25, 0.3) is 10.0 Å². The summed E-state index contributed by atoms with van der Waals surface area (Å²) < 4.78 is 27.2. The van der Waals surface area contributed by atoms with Gasteiger partial charge in [-0.2, -0.15) is 4.31 Å². The van der Waals surface area contributed by atoms with Crippen LogP contribution >= 0.6 is 11.3 Å². The average molecular weight is 374 g/mol. The summed E-state index contributed by atoms with van der Waals surface area (Å²) in [5, 5.41) is 2.81. The van der Waals surface area contributed by atoms with Gasteiger partial charge in [0.1, 0.15) is 4.21 Å². The molecule has 0 aliphatic carbocycles. The van der Waals surface area contributed by atoms with Crippen LogP contribution in [-0.4, -0.2) is 44.3 Å². The topological polar surface area (TPSA) is 92.5 Å². The molecule has 1 aromatic rings. The van der Waals surface area contributed by atoms with Crippen LogP contribution in [-0.2, 0) is 21.2 Å². The van der Waals surface area contributed by atoms with Crippen LogP contribution in [0.4, 0.5) is 0 Å². The second kappa shape index (κ2) is 8.94. The van der Waals surface area contributed by atoms with Gasteiger partial charge in [-0.25, -0.2) is 8.42 Å². The molecule has 2 heterocycles. The van der Waals surface area contributed by atoms with Gasteiger partial charge in [-0.1, -0.05) is 19.8 Å². The molecule has 0 saturated carbocycles. The summed E-state index contributed by atoms with van der Waals surface area (Å²) in [6.07, 6.45) is 5.12. The predicted octanol–water partition coefficient (Wildman–Crippen LogP) is 1.71. The van der Waals surface area contributed by atoms with Gasteiger partial charge in [-0.05, 0) is 37.8 Å². The number of nitrogens with one attached hydrogen (secondary N) is 1. The molecule has 8 heteroatoms. The molecule has 1 amide bonds. The Morgan fingerprint density at radius 1 is 1.33 bits per heavy atom. The van der Waals surface area contributed by atoms with E-state index in [2.05, 4.69) is 5.32 Å². The van der Waals surface area contributed by atoms with Gasteiger partial charge in [0, 0.05) is 24.5 Å². The summed E-state index contributed by atoms with van der Waals surface area (Å²) in [5.74, 6) is -0.144. The SMILES string of the molecule is CCCC(N)C(=O)NCCc1ccc(S(=O)(=O)N2CCCCC2)s1. The standard InChI is InChI=1S/C16H27N3O3S2/c1-2-6-14(17)16(20)18-10-9-13-7-8-15(23-13)24(21,22)19-11-4-3-5-12-19/h7-8,14H,2-6,9-12,17H2,1H3,(H,18,20). The Hall–Kier alpha value is -0.960. The minimum Gasteiger partial charge on any atom is -0.354 e. The monoisotopic (exact) mass is 373 g/mol. The fourth-order valence-electron chi connectivity index (χ4n) is 2.75. The number of thiophene rings is 1. The molecular weight excluding hydrogens is 346 g/mol. The van der Waals surface area contributed by atoms with E-state index in [4.69, 9.17) is 5.73 Å². The normalized spacial score (nSPS) is 17.6. The van der Waals surface area contributed by atoms with E-state index >= 15 is 0 Å². The van der Waals surface area contributed by atoms with E-state index in [1.807, 2.05) is 13.0 Å². The lowest BCUT2D eigenvalue weighted by Crippen LogP contribution is -2.41. The number of nitrogens with two attached hydrogens (primary N) is 1. The number of sulfonamides is 1. The van der Waals surface area contributed by atoms with E-state index in [-0.39, 0.29) is 5.91 Å². The van der Waals surface area contributed by atoms with Crippen molar-refractivity contribution in [1.82, 2.24) is 9.62 Å². The van der Waals surface area contributed by atoms with Crippen molar-refractivity contribution in [2.24, 2.45) is 5.73 Å². The number of carbonyl (C=O) groups excluding carboxylic acids is 1. The van der Waals surface area contributed by atoms with Crippen LogP contribution in [0.3, 0.4) is 0 Å². The summed E-state index contributed by atoms with van der Waals surface area (Å²) in [6, 6.07) is 3.04. The molecule has 1 atom stereocenters. The van der Waals surface area contributed by atoms with Gasteiger partial charge in [-0.15, -0.1) is 11.3 Å². The number of hydrogen-bond donors (Lipinski definition) is 2. The molecule has 0 radical (unpaired) electrons. The van der Waals surface area contributed by atoms with Crippen LogP contribution in [0.2, 0.25) is 0 Å². The summed E-state index contributed by atoms with van der Waals surface area (Å²) in [7, 11) is -3.36. The van der Waals surface area contributed by atoms with Crippen molar-refractivity contribution in [3.63, 3.8) is 0 Å². The highest BCUT2D eigenvalue weighted by molar-refractivity contribution is 7.91. The lowest BCUT2D eigenvalue weighted by atomic mass is 10.1. The number of piperidine rings is 1. The van der Waals surface area contributed by atoms with E-state index in [1.165, 1.54) is 11.3 Å². The molecule has 6 nitrogen and oxygen atoms in total. The zero-order chi connectivity index (χ0) is 17.6. The van der Waals surface area contributed by atoms with Gasteiger partial charge in [-0.3, -0.25) is 4.79 Å². The third kappa shape index (κ3) is 5.02. The molecule has 1 aromatic heterocycles. The number of carbonyl (C=O) groups is 1. The summed E-state index contributed by atoms with van der Waals surface area (Å²) in [5.41, 5.74) is 5.76. The van der Waals surface area contributed by atoms with Crippen molar-refractivity contribution >= 4 is 27.3 Å². The maximum Gasteiger partial charge on any atom is 0.252 e. The molecular formula is C16H27N3O3S2.